The van der Waals surface area contributed by atoms with Crippen molar-refractivity contribution < 1.29 is 4.79 Å². The monoisotopic (exact) mass is 287 g/mol. The molecule has 1 spiro atoms. The van der Waals surface area contributed by atoms with Crippen LogP contribution < -0.4 is 10.2 Å². The van der Waals surface area contributed by atoms with E-state index in [0.29, 0.717) is 6.54 Å². The zero-order valence-corrected chi connectivity index (χ0v) is 13.3. The first-order valence-corrected chi connectivity index (χ1v) is 7.88. The molecule has 1 saturated heterocycles. The normalized spacial score (nSPS) is 25.2. The Balaban J connectivity index is 2.00. The quantitative estimate of drug-likeness (QED) is 0.902. The Morgan fingerprint density at radius 3 is 2.86 bits per heavy atom. The first-order valence-electron chi connectivity index (χ1n) is 7.88. The highest BCUT2D eigenvalue weighted by molar-refractivity contribution is 5.95. The third kappa shape index (κ3) is 2.42. The maximum Gasteiger partial charge on any atom is 0.251 e. The standard InChI is InChI=1S/C17H25N3O/c1-4-18-16(21)13-6-7-15-14(10-13)17(12-20(15)3)8-5-9-19(2)11-17/h6-7,10H,4-5,8-9,11-12H2,1-3H3,(H,18,21). The Kier molecular flexibility index (Phi) is 3.66. The van der Waals surface area contributed by atoms with Gasteiger partial charge in [-0.15, -0.1) is 0 Å². The number of benzene rings is 1. The van der Waals surface area contributed by atoms with Gasteiger partial charge in [-0.3, -0.25) is 4.79 Å². The highest BCUT2D eigenvalue weighted by atomic mass is 16.1. The molecule has 0 saturated carbocycles. The van der Waals surface area contributed by atoms with Crippen LogP contribution in [0, 0.1) is 0 Å². The fourth-order valence-electron chi connectivity index (χ4n) is 4.03. The van der Waals surface area contributed by atoms with E-state index in [0.717, 1.165) is 18.7 Å². The number of fused-ring (bicyclic) bond motifs is 2. The first-order chi connectivity index (χ1) is 10.1. The van der Waals surface area contributed by atoms with Crippen molar-refractivity contribution in [2.45, 2.75) is 25.2 Å². The lowest BCUT2D eigenvalue weighted by Crippen LogP contribution is -2.46. The van der Waals surface area contributed by atoms with E-state index in [9.17, 15) is 4.79 Å². The lowest BCUT2D eigenvalue weighted by atomic mass is 9.75. The molecule has 1 aromatic carbocycles. The topological polar surface area (TPSA) is 35.6 Å². The molecule has 4 heteroatoms. The Hall–Kier alpha value is -1.55. The minimum absolute atomic E-state index is 0.0363. The molecule has 1 unspecified atom stereocenters. The number of nitrogens with one attached hydrogen (secondary N) is 1. The number of hydrogen-bond donors (Lipinski definition) is 1. The third-order valence-corrected chi connectivity index (χ3v) is 4.89. The second-order valence-corrected chi connectivity index (χ2v) is 6.57. The largest absolute Gasteiger partial charge is 0.373 e. The van der Waals surface area contributed by atoms with E-state index >= 15 is 0 Å². The van der Waals surface area contributed by atoms with E-state index in [1.54, 1.807) is 0 Å². The molecule has 4 nitrogen and oxygen atoms in total. The number of anilines is 1. The zero-order valence-electron chi connectivity index (χ0n) is 13.3. The van der Waals surface area contributed by atoms with Crippen LogP contribution in [-0.2, 0) is 5.41 Å². The first kappa shape index (κ1) is 14.4. The summed E-state index contributed by atoms with van der Waals surface area (Å²) in [7, 11) is 4.36. The molecule has 114 valence electrons. The molecular formula is C17H25N3O. The smallest absolute Gasteiger partial charge is 0.251 e. The Morgan fingerprint density at radius 2 is 2.14 bits per heavy atom. The molecule has 1 N–H and O–H groups in total. The van der Waals surface area contributed by atoms with Crippen molar-refractivity contribution in [1.82, 2.24) is 10.2 Å². The molecule has 2 heterocycles. The van der Waals surface area contributed by atoms with Gasteiger partial charge in [0.1, 0.15) is 0 Å². The number of carbonyl (C=O) groups is 1. The average Bonchev–Trinajstić information content (AvgIpc) is 2.71. The summed E-state index contributed by atoms with van der Waals surface area (Å²) in [5, 5.41) is 2.90. The third-order valence-electron chi connectivity index (χ3n) is 4.89. The minimum atomic E-state index is 0.0363. The zero-order chi connectivity index (χ0) is 15.0. The predicted octanol–water partition coefficient (Wildman–Crippen LogP) is 1.85. The summed E-state index contributed by atoms with van der Waals surface area (Å²) in [5.74, 6) is 0.0363. The highest BCUT2D eigenvalue weighted by Gasteiger charge is 2.43. The molecule has 1 aromatic rings. The maximum absolute atomic E-state index is 12.1. The van der Waals surface area contributed by atoms with Crippen molar-refractivity contribution in [1.29, 1.82) is 0 Å². The number of likely N-dealkylation sites (N-methyl/N-ethyl adjacent to an activating group) is 2. The predicted molar refractivity (Wildman–Crippen MR) is 86.1 cm³/mol. The van der Waals surface area contributed by atoms with Gasteiger partial charge in [0.05, 0.1) is 0 Å². The van der Waals surface area contributed by atoms with Crippen LogP contribution >= 0.6 is 0 Å². The van der Waals surface area contributed by atoms with Crippen LogP contribution in [0.1, 0.15) is 35.7 Å². The summed E-state index contributed by atoms with van der Waals surface area (Å²) in [4.78, 5) is 16.9. The van der Waals surface area contributed by atoms with Crippen LogP contribution in [-0.4, -0.2) is 51.1 Å². The van der Waals surface area contributed by atoms with Crippen LogP contribution in [0.2, 0.25) is 0 Å². The molecular weight excluding hydrogens is 262 g/mol. The Bertz CT molecular complexity index is 553. The molecule has 0 aliphatic carbocycles. The maximum atomic E-state index is 12.1. The lowest BCUT2D eigenvalue weighted by molar-refractivity contribution is 0.0955. The van der Waals surface area contributed by atoms with E-state index in [-0.39, 0.29) is 11.3 Å². The van der Waals surface area contributed by atoms with Gasteiger partial charge < -0.3 is 15.1 Å². The van der Waals surface area contributed by atoms with Crippen LogP contribution in [0.5, 0.6) is 0 Å². The summed E-state index contributed by atoms with van der Waals surface area (Å²) in [6.45, 7) is 5.95. The van der Waals surface area contributed by atoms with Gasteiger partial charge in [0.2, 0.25) is 0 Å². The molecule has 2 aliphatic rings. The van der Waals surface area contributed by atoms with E-state index in [4.69, 9.17) is 0 Å². The molecule has 2 aliphatic heterocycles. The Morgan fingerprint density at radius 1 is 1.33 bits per heavy atom. The van der Waals surface area contributed by atoms with Gasteiger partial charge in [-0.05, 0) is 57.1 Å². The van der Waals surface area contributed by atoms with Crippen molar-refractivity contribution in [3.8, 4) is 0 Å². The summed E-state index contributed by atoms with van der Waals surface area (Å²) < 4.78 is 0. The molecule has 21 heavy (non-hydrogen) atoms. The molecule has 0 radical (unpaired) electrons. The summed E-state index contributed by atoms with van der Waals surface area (Å²) >= 11 is 0. The van der Waals surface area contributed by atoms with Crippen molar-refractivity contribution in [3.05, 3.63) is 29.3 Å². The number of piperidine rings is 1. The number of likely N-dealkylation sites (tertiary alicyclic amines) is 1. The van der Waals surface area contributed by atoms with Gasteiger partial charge in [-0.25, -0.2) is 0 Å². The van der Waals surface area contributed by atoms with Crippen LogP contribution in [0.25, 0.3) is 0 Å². The van der Waals surface area contributed by atoms with Gasteiger partial charge in [-0.2, -0.15) is 0 Å². The van der Waals surface area contributed by atoms with E-state index in [2.05, 4.69) is 41.3 Å². The Labute approximate surface area is 127 Å². The average molecular weight is 287 g/mol. The van der Waals surface area contributed by atoms with Gasteiger partial charge in [-0.1, -0.05) is 0 Å². The molecule has 1 fully saturated rings. The minimum Gasteiger partial charge on any atom is -0.373 e. The fourth-order valence-corrected chi connectivity index (χ4v) is 4.03. The van der Waals surface area contributed by atoms with Gasteiger partial charge >= 0.3 is 0 Å². The van der Waals surface area contributed by atoms with Gasteiger partial charge in [0.15, 0.2) is 0 Å². The molecule has 3 rings (SSSR count). The number of amides is 1. The number of hydrogen-bond acceptors (Lipinski definition) is 3. The summed E-state index contributed by atoms with van der Waals surface area (Å²) in [5.41, 5.74) is 3.64. The highest BCUT2D eigenvalue weighted by Crippen LogP contribution is 2.45. The second kappa shape index (κ2) is 5.34. The SMILES string of the molecule is CCNC(=O)c1ccc2c(c1)C1(CCCN(C)C1)CN2C. The molecule has 1 atom stereocenters. The number of carbonyl (C=O) groups excluding carboxylic acids is 1. The van der Waals surface area contributed by atoms with Crippen molar-refractivity contribution in [2.75, 3.05) is 45.2 Å². The van der Waals surface area contributed by atoms with Crippen molar-refractivity contribution in [2.24, 2.45) is 0 Å². The number of rotatable bonds is 2. The summed E-state index contributed by atoms with van der Waals surface area (Å²) in [6, 6.07) is 6.19. The van der Waals surface area contributed by atoms with E-state index in [1.807, 2.05) is 13.0 Å². The van der Waals surface area contributed by atoms with Gasteiger partial charge in [0.25, 0.3) is 5.91 Å². The molecule has 1 amide bonds. The molecule has 0 bridgehead atoms. The second-order valence-electron chi connectivity index (χ2n) is 6.57. The van der Waals surface area contributed by atoms with Crippen molar-refractivity contribution in [3.63, 3.8) is 0 Å². The fraction of sp³-hybridized carbons (Fsp3) is 0.588. The lowest BCUT2D eigenvalue weighted by Gasteiger charge is -2.39. The van der Waals surface area contributed by atoms with Crippen molar-refractivity contribution >= 4 is 11.6 Å². The molecule has 0 aromatic heterocycles. The van der Waals surface area contributed by atoms with Gasteiger partial charge in [0, 0.05) is 43.3 Å². The van der Waals surface area contributed by atoms with Crippen LogP contribution in [0.15, 0.2) is 18.2 Å². The van der Waals surface area contributed by atoms with E-state index < -0.39 is 0 Å². The van der Waals surface area contributed by atoms with E-state index in [1.165, 1.54) is 30.6 Å². The van der Waals surface area contributed by atoms with Crippen LogP contribution in [0.4, 0.5) is 5.69 Å². The van der Waals surface area contributed by atoms with Crippen LogP contribution in [0.3, 0.4) is 0 Å². The summed E-state index contributed by atoms with van der Waals surface area (Å²) in [6.07, 6.45) is 2.45. The number of nitrogens with zero attached hydrogens (tertiary/aromatic N) is 2.